The Labute approximate surface area is 115 Å². The topological polar surface area (TPSA) is 36.6 Å². The third-order valence-electron chi connectivity index (χ3n) is 2.86. The van der Waals surface area contributed by atoms with Gasteiger partial charge in [-0.2, -0.15) is 0 Å². The van der Waals surface area contributed by atoms with Crippen LogP contribution >= 0.6 is 15.9 Å². The van der Waals surface area contributed by atoms with Crippen LogP contribution in [0.3, 0.4) is 0 Å². The molecule has 0 radical (unpaired) electrons. The smallest absolute Gasteiger partial charge is 0.123 e. The van der Waals surface area contributed by atoms with Gasteiger partial charge in [0, 0.05) is 22.3 Å². The molecular formula is C14H16BrNO2. The van der Waals surface area contributed by atoms with E-state index in [1.54, 1.807) is 6.26 Å². The zero-order chi connectivity index (χ0) is 13.0. The van der Waals surface area contributed by atoms with E-state index in [1.807, 2.05) is 30.3 Å². The molecule has 2 aromatic rings. The minimum Gasteiger partial charge on any atom is -0.467 e. The summed E-state index contributed by atoms with van der Waals surface area (Å²) in [5.41, 5.74) is 1.96. The number of furan rings is 1. The number of rotatable bonds is 5. The Bertz CT molecular complexity index is 497. The lowest BCUT2D eigenvalue weighted by molar-refractivity contribution is 0.282. The van der Waals surface area contributed by atoms with E-state index in [0.29, 0.717) is 6.54 Å². The fourth-order valence-electron chi connectivity index (χ4n) is 1.95. The summed E-state index contributed by atoms with van der Waals surface area (Å²) in [5, 5.41) is 9.44. The number of nitrogens with zero attached hydrogens (tertiary/aromatic N) is 1. The van der Waals surface area contributed by atoms with Crippen LogP contribution in [0.1, 0.15) is 18.2 Å². The first-order valence-electron chi connectivity index (χ1n) is 5.91. The van der Waals surface area contributed by atoms with Gasteiger partial charge >= 0.3 is 0 Å². The van der Waals surface area contributed by atoms with E-state index in [1.165, 1.54) is 0 Å². The van der Waals surface area contributed by atoms with Crippen molar-refractivity contribution >= 4 is 21.6 Å². The monoisotopic (exact) mass is 309 g/mol. The molecule has 0 fully saturated rings. The second-order valence-electron chi connectivity index (χ2n) is 4.02. The van der Waals surface area contributed by atoms with E-state index in [2.05, 4.69) is 27.8 Å². The molecule has 1 aromatic carbocycles. The Morgan fingerprint density at radius 1 is 1.33 bits per heavy atom. The minimum absolute atomic E-state index is 0.0312. The van der Waals surface area contributed by atoms with Crippen LogP contribution < -0.4 is 4.90 Å². The lowest BCUT2D eigenvalue weighted by atomic mass is 10.1. The van der Waals surface area contributed by atoms with Crippen LogP contribution in [0.25, 0.3) is 0 Å². The van der Waals surface area contributed by atoms with Gasteiger partial charge in [0.1, 0.15) is 5.76 Å². The zero-order valence-corrected chi connectivity index (χ0v) is 11.9. The SMILES string of the molecule is CCN(Cc1ccco1)c1ccc(Br)cc1CO. The normalized spacial score (nSPS) is 10.6. The number of aliphatic hydroxyl groups is 1. The molecule has 1 heterocycles. The molecule has 0 aliphatic heterocycles. The fraction of sp³-hybridized carbons (Fsp3) is 0.286. The number of benzene rings is 1. The van der Waals surface area contributed by atoms with Crippen molar-refractivity contribution in [2.45, 2.75) is 20.1 Å². The molecule has 1 N–H and O–H groups in total. The van der Waals surface area contributed by atoms with Gasteiger partial charge in [0.2, 0.25) is 0 Å². The van der Waals surface area contributed by atoms with Crippen molar-refractivity contribution in [2.24, 2.45) is 0 Å². The van der Waals surface area contributed by atoms with Crippen LogP contribution in [0.5, 0.6) is 0 Å². The van der Waals surface area contributed by atoms with Gasteiger partial charge in [-0.25, -0.2) is 0 Å². The molecule has 0 saturated heterocycles. The standard InChI is InChI=1S/C14H16BrNO2/c1-2-16(9-13-4-3-7-18-13)14-6-5-12(15)8-11(14)10-17/h3-8,17H,2,9-10H2,1H3. The predicted molar refractivity (Wildman–Crippen MR) is 75.5 cm³/mol. The zero-order valence-electron chi connectivity index (χ0n) is 10.3. The maximum absolute atomic E-state index is 9.44. The quantitative estimate of drug-likeness (QED) is 0.917. The minimum atomic E-state index is 0.0312. The van der Waals surface area contributed by atoms with Crippen molar-refractivity contribution in [3.63, 3.8) is 0 Å². The van der Waals surface area contributed by atoms with E-state index in [9.17, 15) is 5.11 Å². The van der Waals surface area contributed by atoms with E-state index < -0.39 is 0 Å². The molecule has 96 valence electrons. The maximum Gasteiger partial charge on any atom is 0.123 e. The number of hydrogen-bond acceptors (Lipinski definition) is 3. The molecular weight excluding hydrogens is 294 g/mol. The van der Waals surface area contributed by atoms with E-state index in [4.69, 9.17) is 4.42 Å². The summed E-state index contributed by atoms with van der Waals surface area (Å²) < 4.78 is 6.35. The van der Waals surface area contributed by atoms with Crippen molar-refractivity contribution < 1.29 is 9.52 Å². The molecule has 4 heteroatoms. The van der Waals surface area contributed by atoms with Gasteiger partial charge in [-0.1, -0.05) is 15.9 Å². The lowest BCUT2D eigenvalue weighted by Gasteiger charge is -2.24. The van der Waals surface area contributed by atoms with Crippen molar-refractivity contribution in [3.05, 3.63) is 52.4 Å². The molecule has 3 nitrogen and oxygen atoms in total. The Balaban J connectivity index is 2.26. The van der Waals surface area contributed by atoms with Crippen LogP contribution in [-0.4, -0.2) is 11.7 Å². The highest BCUT2D eigenvalue weighted by Gasteiger charge is 2.11. The first-order chi connectivity index (χ1) is 8.74. The van der Waals surface area contributed by atoms with Crippen molar-refractivity contribution in [3.8, 4) is 0 Å². The molecule has 18 heavy (non-hydrogen) atoms. The van der Waals surface area contributed by atoms with Gasteiger partial charge in [0.05, 0.1) is 19.4 Å². The van der Waals surface area contributed by atoms with Gasteiger partial charge in [-0.15, -0.1) is 0 Å². The van der Waals surface area contributed by atoms with E-state index >= 15 is 0 Å². The number of anilines is 1. The van der Waals surface area contributed by atoms with Crippen molar-refractivity contribution in [1.82, 2.24) is 0 Å². The molecule has 0 saturated carbocycles. The van der Waals surface area contributed by atoms with Crippen molar-refractivity contribution in [2.75, 3.05) is 11.4 Å². The summed E-state index contributed by atoms with van der Waals surface area (Å²) in [5.74, 6) is 0.920. The van der Waals surface area contributed by atoms with Crippen LogP contribution in [0.4, 0.5) is 5.69 Å². The summed E-state index contributed by atoms with van der Waals surface area (Å²) in [4.78, 5) is 2.18. The van der Waals surface area contributed by atoms with Gasteiger partial charge in [0.15, 0.2) is 0 Å². The number of halogens is 1. The molecule has 0 amide bonds. The average Bonchev–Trinajstić information content (AvgIpc) is 2.89. The Morgan fingerprint density at radius 3 is 2.78 bits per heavy atom. The Morgan fingerprint density at radius 2 is 2.17 bits per heavy atom. The van der Waals surface area contributed by atoms with Crippen molar-refractivity contribution in [1.29, 1.82) is 0 Å². The van der Waals surface area contributed by atoms with Crippen LogP contribution in [0.2, 0.25) is 0 Å². The van der Waals surface area contributed by atoms with Gasteiger partial charge in [-0.3, -0.25) is 0 Å². The van der Waals surface area contributed by atoms with Gasteiger partial charge < -0.3 is 14.4 Å². The predicted octanol–water partition coefficient (Wildman–Crippen LogP) is 3.56. The molecule has 0 aliphatic rings. The molecule has 0 bridgehead atoms. The van der Waals surface area contributed by atoms with Crippen LogP contribution in [0, 0.1) is 0 Å². The summed E-state index contributed by atoms with van der Waals surface area (Å²) in [7, 11) is 0. The third kappa shape index (κ3) is 2.94. The highest BCUT2D eigenvalue weighted by molar-refractivity contribution is 9.10. The maximum atomic E-state index is 9.44. The van der Waals surface area contributed by atoms with E-state index in [-0.39, 0.29) is 6.61 Å². The second-order valence-corrected chi connectivity index (χ2v) is 4.94. The largest absolute Gasteiger partial charge is 0.467 e. The molecule has 2 rings (SSSR count). The number of hydrogen-bond donors (Lipinski definition) is 1. The van der Waals surface area contributed by atoms with Gasteiger partial charge in [-0.05, 0) is 37.3 Å². The summed E-state index contributed by atoms with van der Waals surface area (Å²) in [6.07, 6.45) is 1.68. The summed E-state index contributed by atoms with van der Waals surface area (Å²) >= 11 is 3.42. The highest BCUT2D eigenvalue weighted by Crippen LogP contribution is 2.26. The lowest BCUT2D eigenvalue weighted by Crippen LogP contribution is -2.23. The average molecular weight is 310 g/mol. The molecule has 1 aromatic heterocycles. The Hall–Kier alpha value is -1.26. The van der Waals surface area contributed by atoms with Gasteiger partial charge in [0.25, 0.3) is 0 Å². The van der Waals surface area contributed by atoms with Crippen LogP contribution in [-0.2, 0) is 13.2 Å². The molecule has 0 unspecified atom stereocenters. The molecule has 0 atom stereocenters. The highest BCUT2D eigenvalue weighted by atomic mass is 79.9. The first kappa shape index (κ1) is 13.2. The van der Waals surface area contributed by atoms with E-state index in [0.717, 1.165) is 28.0 Å². The summed E-state index contributed by atoms with van der Waals surface area (Å²) in [6.45, 7) is 3.68. The third-order valence-corrected chi connectivity index (χ3v) is 3.35. The fourth-order valence-corrected chi connectivity index (χ4v) is 2.36. The number of aliphatic hydroxyl groups excluding tert-OH is 1. The summed E-state index contributed by atoms with van der Waals surface area (Å²) in [6, 6.07) is 9.79. The second kappa shape index (κ2) is 6.07. The molecule has 0 spiro atoms. The van der Waals surface area contributed by atoms with Crippen LogP contribution in [0.15, 0.2) is 45.5 Å². The molecule has 0 aliphatic carbocycles. The Kier molecular flexibility index (Phi) is 4.44. The first-order valence-corrected chi connectivity index (χ1v) is 6.70.